The Bertz CT molecular complexity index is 1580. The number of nitro benzene ring substituents is 2. The van der Waals surface area contributed by atoms with Crippen LogP contribution in [0.2, 0.25) is 0 Å². The Balaban J connectivity index is 1.35. The third-order valence-electron chi connectivity index (χ3n) is 6.90. The third-order valence-corrected chi connectivity index (χ3v) is 6.90. The van der Waals surface area contributed by atoms with Crippen molar-refractivity contribution in [3.05, 3.63) is 102 Å². The van der Waals surface area contributed by atoms with Gasteiger partial charge < -0.3 is 0 Å². The van der Waals surface area contributed by atoms with Gasteiger partial charge in [-0.2, -0.15) is 5.10 Å². The number of hydrogen-bond donors (Lipinski definition) is 1. The van der Waals surface area contributed by atoms with E-state index in [2.05, 4.69) is 10.5 Å². The Morgan fingerprint density at radius 1 is 0.914 bits per heavy atom. The molecule has 13 nitrogen and oxygen atoms in total. The van der Waals surface area contributed by atoms with Crippen LogP contribution in [0.1, 0.15) is 18.5 Å². The molecule has 176 valence electrons. The molecule has 3 heterocycles. The van der Waals surface area contributed by atoms with Crippen LogP contribution in [0.3, 0.4) is 0 Å². The van der Waals surface area contributed by atoms with Gasteiger partial charge in [0, 0.05) is 23.6 Å². The van der Waals surface area contributed by atoms with Crippen molar-refractivity contribution in [2.24, 2.45) is 16.9 Å². The number of hydrazone groups is 1. The van der Waals surface area contributed by atoms with Gasteiger partial charge in [0.15, 0.2) is 0 Å². The van der Waals surface area contributed by atoms with E-state index in [4.69, 9.17) is 0 Å². The molecule has 35 heavy (non-hydrogen) atoms. The van der Waals surface area contributed by atoms with Crippen molar-refractivity contribution in [3.8, 4) is 5.69 Å². The highest BCUT2D eigenvalue weighted by atomic mass is 16.6. The van der Waals surface area contributed by atoms with Gasteiger partial charge in [-0.15, -0.1) is 0 Å². The molecule has 3 aromatic rings. The molecule has 2 aromatic carbocycles. The van der Waals surface area contributed by atoms with Gasteiger partial charge in [0.25, 0.3) is 5.69 Å². The van der Waals surface area contributed by atoms with Crippen LogP contribution in [0.15, 0.2) is 75.4 Å². The minimum absolute atomic E-state index is 0.0253. The minimum atomic E-state index is -0.713. The molecule has 1 N–H and O–H groups in total. The SMILES string of the molecule is O=c1n(-c2ccccc2)c(=O)n2n1[C@H]1C=C[C@H]2[C@@H]2C(=NNc3ccc([N+](=O)[O-])cc3[N+](=O)[O-])C[C@@H]21. The molecule has 1 fully saturated rings. The summed E-state index contributed by atoms with van der Waals surface area (Å²) in [6, 6.07) is 11.3. The fraction of sp³-hybridized carbons (Fsp3) is 0.227. The first kappa shape index (κ1) is 20.8. The fourth-order valence-corrected chi connectivity index (χ4v) is 5.30. The molecule has 0 spiro atoms. The van der Waals surface area contributed by atoms with Crippen LogP contribution in [0.5, 0.6) is 0 Å². The number of rotatable bonds is 5. The van der Waals surface area contributed by atoms with Crippen molar-refractivity contribution in [1.29, 1.82) is 0 Å². The second-order valence-electron chi connectivity index (χ2n) is 8.62. The number of anilines is 1. The van der Waals surface area contributed by atoms with E-state index in [0.29, 0.717) is 17.8 Å². The minimum Gasteiger partial charge on any atom is -0.272 e. The number of allylic oxidation sites excluding steroid dienone is 2. The second-order valence-corrected chi connectivity index (χ2v) is 8.62. The molecule has 1 saturated carbocycles. The molecule has 4 atom stereocenters. The Labute approximate surface area is 195 Å². The molecule has 7 rings (SSSR count). The molecule has 0 amide bonds. The van der Waals surface area contributed by atoms with Gasteiger partial charge in [-0.3, -0.25) is 25.7 Å². The van der Waals surface area contributed by atoms with Crippen LogP contribution in [0.25, 0.3) is 5.69 Å². The molecule has 2 aliphatic carbocycles. The molecule has 0 unspecified atom stereocenters. The summed E-state index contributed by atoms with van der Waals surface area (Å²) in [5.74, 6) is -0.0977. The normalized spacial score (nSPS) is 24.5. The van der Waals surface area contributed by atoms with Crippen molar-refractivity contribution < 1.29 is 9.85 Å². The Hall–Kier alpha value is -4.81. The number of benzene rings is 2. The molecule has 4 aliphatic rings. The summed E-state index contributed by atoms with van der Waals surface area (Å²) in [4.78, 5) is 47.4. The van der Waals surface area contributed by atoms with Gasteiger partial charge in [-0.05, 0) is 24.6 Å². The lowest BCUT2D eigenvalue weighted by Gasteiger charge is -2.52. The maximum atomic E-state index is 13.3. The van der Waals surface area contributed by atoms with Crippen molar-refractivity contribution >= 4 is 22.8 Å². The summed E-state index contributed by atoms with van der Waals surface area (Å²) in [7, 11) is 0. The zero-order valence-electron chi connectivity index (χ0n) is 17.9. The van der Waals surface area contributed by atoms with Gasteiger partial charge in [0.2, 0.25) is 0 Å². The van der Waals surface area contributed by atoms with Crippen molar-refractivity contribution in [1.82, 2.24) is 13.9 Å². The molecule has 2 bridgehead atoms. The lowest BCUT2D eigenvalue weighted by molar-refractivity contribution is -0.393. The first-order valence-corrected chi connectivity index (χ1v) is 10.8. The lowest BCUT2D eigenvalue weighted by atomic mass is 9.61. The topological polar surface area (TPSA) is 160 Å². The molecule has 13 heteroatoms. The third kappa shape index (κ3) is 2.90. The quantitative estimate of drug-likeness (QED) is 0.337. The lowest BCUT2D eigenvalue weighted by Crippen LogP contribution is -2.57. The van der Waals surface area contributed by atoms with E-state index in [1.807, 2.05) is 12.2 Å². The van der Waals surface area contributed by atoms with E-state index in [0.717, 1.165) is 16.7 Å². The molecule has 2 aliphatic heterocycles. The zero-order chi connectivity index (χ0) is 24.4. The number of nitro groups is 2. The van der Waals surface area contributed by atoms with E-state index >= 15 is 0 Å². The Morgan fingerprint density at radius 2 is 1.60 bits per heavy atom. The van der Waals surface area contributed by atoms with Gasteiger partial charge in [0.1, 0.15) is 5.69 Å². The standard InChI is InChI=1S/C22H17N7O6/c30-21-25(12-4-2-1-3-5-12)22(31)27-18-9-8-17(26(21)27)14-11-16(20(14)18)24-23-15-7-6-13(28(32)33)10-19(15)29(34)35/h1-10,14,17-18,20,23H,11H2/t14-,17+,18+,20+/m1/s1. The van der Waals surface area contributed by atoms with Gasteiger partial charge >= 0.3 is 17.1 Å². The van der Waals surface area contributed by atoms with E-state index < -0.39 is 38.6 Å². The van der Waals surface area contributed by atoms with Crippen molar-refractivity contribution in [2.45, 2.75) is 18.5 Å². The van der Waals surface area contributed by atoms with Crippen LogP contribution in [-0.2, 0) is 0 Å². The number of nitrogens with one attached hydrogen (secondary N) is 1. The average Bonchev–Trinajstić information content (AvgIpc) is 3.11. The summed E-state index contributed by atoms with van der Waals surface area (Å²) >= 11 is 0. The summed E-state index contributed by atoms with van der Waals surface area (Å²) < 4.78 is 4.13. The highest BCUT2D eigenvalue weighted by molar-refractivity contribution is 5.94. The Kier molecular flexibility index (Phi) is 4.36. The molecular weight excluding hydrogens is 458 g/mol. The van der Waals surface area contributed by atoms with Crippen LogP contribution in [0, 0.1) is 32.1 Å². The first-order chi connectivity index (χ1) is 16.9. The van der Waals surface area contributed by atoms with Gasteiger partial charge in [0.05, 0.1) is 33.7 Å². The number of para-hydroxylation sites is 1. The predicted octanol–water partition coefficient (Wildman–Crippen LogP) is 2.39. The maximum Gasteiger partial charge on any atom is 0.352 e. The number of non-ortho nitro benzene ring substituents is 1. The molecular formula is C22H17N7O6. The predicted molar refractivity (Wildman–Crippen MR) is 124 cm³/mol. The van der Waals surface area contributed by atoms with Crippen LogP contribution < -0.4 is 16.8 Å². The van der Waals surface area contributed by atoms with Crippen LogP contribution in [-0.4, -0.2) is 29.5 Å². The number of nitrogens with zero attached hydrogens (tertiary/aromatic N) is 6. The van der Waals surface area contributed by atoms with E-state index in [9.17, 15) is 29.8 Å². The molecule has 0 saturated heterocycles. The van der Waals surface area contributed by atoms with E-state index in [1.54, 1.807) is 30.3 Å². The van der Waals surface area contributed by atoms with E-state index in [-0.39, 0.29) is 23.6 Å². The molecule has 0 radical (unpaired) electrons. The number of aromatic nitrogens is 3. The molecule has 1 aromatic heterocycles. The smallest absolute Gasteiger partial charge is 0.272 e. The second kappa shape index (κ2) is 7.35. The Morgan fingerprint density at radius 3 is 2.29 bits per heavy atom. The maximum absolute atomic E-state index is 13.3. The zero-order valence-corrected chi connectivity index (χ0v) is 17.9. The van der Waals surface area contributed by atoms with E-state index in [1.165, 1.54) is 15.4 Å². The van der Waals surface area contributed by atoms with Crippen LogP contribution in [0.4, 0.5) is 17.1 Å². The number of hydrogen-bond acceptors (Lipinski definition) is 8. The largest absolute Gasteiger partial charge is 0.352 e. The van der Waals surface area contributed by atoms with Gasteiger partial charge in [-0.25, -0.2) is 23.5 Å². The van der Waals surface area contributed by atoms with Crippen molar-refractivity contribution in [3.63, 3.8) is 0 Å². The van der Waals surface area contributed by atoms with Crippen LogP contribution >= 0.6 is 0 Å². The highest BCUT2D eigenvalue weighted by Gasteiger charge is 2.55. The van der Waals surface area contributed by atoms with Crippen molar-refractivity contribution in [2.75, 3.05) is 5.43 Å². The summed E-state index contributed by atoms with van der Waals surface area (Å²) in [6.45, 7) is 0. The fourth-order valence-electron chi connectivity index (χ4n) is 5.30. The summed E-state index contributed by atoms with van der Waals surface area (Å²) in [5.41, 5.74) is 2.20. The summed E-state index contributed by atoms with van der Waals surface area (Å²) in [5, 5.41) is 26.7. The monoisotopic (exact) mass is 475 g/mol. The summed E-state index contributed by atoms with van der Waals surface area (Å²) in [6.07, 6.45) is 4.37. The first-order valence-electron chi connectivity index (χ1n) is 10.8. The average molecular weight is 475 g/mol. The van der Waals surface area contributed by atoms with Gasteiger partial charge in [-0.1, -0.05) is 30.4 Å². The highest BCUT2D eigenvalue weighted by Crippen LogP contribution is 2.52.